The molecule has 2 amide bonds. The number of piperazine rings is 1. The minimum absolute atomic E-state index is 0.0172. The molecule has 174 valence electrons. The SMILES string of the molecule is CC(=O)N1CCN(C(=O)c2cnn(-c3ncc4c(n3)-c3ccccc3CCC4)c2C2CC2)CC1. The lowest BCUT2D eigenvalue weighted by atomic mass is 10.0. The van der Waals surface area contributed by atoms with E-state index in [-0.39, 0.29) is 11.8 Å². The van der Waals surface area contributed by atoms with Crippen molar-refractivity contribution < 1.29 is 9.59 Å². The molecule has 1 aliphatic heterocycles. The van der Waals surface area contributed by atoms with E-state index >= 15 is 0 Å². The Bertz CT molecular complexity index is 1270. The number of fused-ring (bicyclic) bond motifs is 3. The molecular formula is C26H28N6O2. The smallest absolute Gasteiger partial charge is 0.257 e. The lowest BCUT2D eigenvalue weighted by Crippen LogP contribution is -2.50. The molecule has 6 rings (SSSR count). The minimum atomic E-state index is -0.0172. The number of aromatic nitrogens is 4. The summed E-state index contributed by atoms with van der Waals surface area (Å²) >= 11 is 0. The van der Waals surface area contributed by atoms with E-state index in [2.05, 4.69) is 34.3 Å². The van der Waals surface area contributed by atoms with Gasteiger partial charge in [0.2, 0.25) is 5.91 Å². The molecule has 0 spiro atoms. The van der Waals surface area contributed by atoms with Crippen LogP contribution in [-0.2, 0) is 17.6 Å². The van der Waals surface area contributed by atoms with Gasteiger partial charge in [-0.05, 0) is 43.2 Å². The first kappa shape index (κ1) is 21.0. The van der Waals surface area contributed by atoms with Crippen molar-refractivity contribution in [3.63, 3.8) is 0 Å². The van der Waals surface area contributed by atoms with Crippen LogP contribution in [0.1, 0.15) is 59.3 Å². The number of carbonyl (C=O) groups excluding carboxylic acids is 2. The molecule has 34 heavy (non-hydrogen) atoms. The quantitative estimate of drug-likeness (QED) is 0.605. The normalized spacial score (nSPS) is 17.7. The Morgan fingerprint density at radius 1 is 0.941 bits per heavy atom. The van der Waals surface area contributed by atoms with Crippen molar-refractivity contribution >= 4 is 11.8 Å². The fourth-order valence-corrected chi connectivity index (χ4v) is 5.18. The van der Waals surface area contributed by atoms with Crippen LogP contribution in [0, 0.1) is 0 Å². The number of hydrogen-bond donors (Lipinski definition) is 0. The summed E-state index contributed by atoms with van der Waals surface area (Å²) in [6.45, 7) is 3.80. The van der Waals surface area contributed by atoms with E-state index in [0.717, 1.165) is 49.1 Å². The van der Waals surface area contributed by atoms with Gasteiger partial charge in [-0.3, -0.25) is 9.59 Å². The molecule has 1 aromatic carbocycles. The van der Waals surface area contributed by atoms with Gasteiger partial charge in [-0.25, -0.2) is 14.6 Å². The van der Waals surface area contributed by atoms with Crippen LogP contribution in [0.15, 0.2) is 36.7 Å². The molecular weight excluding hydrogens is 428 g/mol. The zero-order valence-corrected chi connectivity index (χ0v) is 19.4. The molecule has 0 N–H and O–H groups in total. The van der Waals surface area contributed by atoms with Crippen LogP contribution in [-0.4, -0.2) is 67.5 Å². The summed E-state index contributed by atoms with van der Waals surface area (Å²) < 4.78 is 1.78. The van der Waals surface area contributed by atoms with Gasteiger partial charge in [0.25, 0.3) is 11.9 Å². The van der Waals surface area contributed by atoms with Gasteiger partial charge in [-0.1, -0.05) is 24.3 Å². The second-order valence-corrected chi connectivity index (χ2v) is 9.48. The maximum Gasteiger partial charge on any atom is 0.257 e. The second-order valence-electron chi connectivity index (χ2n) is 9.48. The number of rotatable bonds is 3. The van der Waals surface area contributed by atoms with Gasteiger partial charge < -0.3 is 9.80 Å². The van der Waals surface area contributed by atoms with Crippen LogP contribution in [0.4, 0.5) is 0 Å². The number of benzene rings is 1. The van der Waals surface area contributed by atoms with Crippen LogP contribution < -0.4 is 0 Å². The summed E-state index contributed by atoms with van der Waals surface area (Å²) in [4.78, 5) is 38.4. The lowest BCUT2D eigenvalue weighted by Gasteiger charge is -2.34. The molecule has 8 nitrogen and oxygen atoms in total. The van der Waals surface area contributed by atoms with Crippen molar-refractivity contribution in [2.45, 2.75) is 44.9 Å². The predicted molar refractivity (Wildman–Crippen MR) is 127 cm³/mol. The summed E-state index contributed by atoms with van der Waals surface area (Å²) in [5, 5.41) is 4.61. The number of nitrogens with zero attached hydrogens (tertiary/aromatic N) is 6. The van der Waals surface area contributed by atoms with Crippen molar-refractivity contribution in [2.75, 3.05) is 26.2 Å². The number of hydrogen-bond acceptors (Lipinski definition) is 5. The van der Waals surface area contributed by atoms with E-state index < -0.39 is 0 Å². The lowest BCUT2D eigenvalue weighted by molar-refractivity contribution is -0.130. The molecule has 0 unspecified atom stereocenters. The Morgan fingerprint density at radius 2 is 1.68 bits per heavy atom. The van der Waals surface area contributed by atoms with Crippen molar-refractivity contribution in [3.05, 3.63) is 59.0 Å². The molecule has 2 aromatic heterocycles. The largest absolute Gasteiger partial charge is 0.339 e. The molecule has 2 aliphatic carbocycles. The summed E-state index contributed by atoms with van der Waals surface area (Å²) in [6.07, 6.45) is 8.76. The topological polar surface area (TPSA) is 84.2 Å². The molecule has 0 bridgehead atoms. The summed E-state index contributed by atoms with van der Waals surface area (Å²) in [7, 11) is 0. The van der Waals surface area contributed by atoms with Gasteiger partial charge in [0.05, 0.1) is 23.1 Å². The molecule has 8 heteroatoms. The van der Waals surface area contributed by atoms with Crippen LogP contribution in [0.25, 0.3) is 17.2 Å². The average molecular weight is 457 g/mol. The Kier molecular flexibility index (Phi) is 5.16. The van der Waals surface area contributed by atoms with Gasteiger partial charge in [-0.15, -0.1) is 0 Å². The van der Waals surface area contributed by atoms with E-state index in [1.807, 2.05) is 11.1 Å². The maximum absolute atomic E-state index is 13.4. The van der Waals surface area contributed by atoms with Crippen molar-refractivity contribution in [1.82, 2.24) is 29.5 Å². The van der Waals surface area contributed by atoms with Gasteiger partial charge in [-0.2, -0.15) is 5.10 Å². The third-order valence-electron chi connectivity index (χ3n) is 7.22. The Balaban J connectivity index is 1.35. The molecule has 1 saturated heterocycles. The fraction of sp³-hybridized carbons (Fsp3) is 0.423. The standard InChI is InChI=1S/C26H28N6O2/c1-17(33)30-11-13-31(14-12-30)25(34)22-16-28-32(24(22)19-9-10-19)26-27-15-20-7-4-6-18-5-2-3-8-21(18)23(20)29-26/h2-3,5,8,15-16,19H,4,6-7,9-14H2,1H3. The molecule has 0 atom stereocenters. The van der Waals surface area contributed by atoms with E-state index in [9.17, 15) is 9.59 Å². The van der Waals surface area contributed by atoms with Crippen molar-refractivity contribution in [3.8, 4) is 17.2 Å². The average Bonchev–Trinajstić information content (AvgIpc) is 3.64. The Morgan fingerprint density at radius 3 is 2.44 bits per heavy atom. The molecule has 3 heterocycles. The molecule has 2 fully saturated rings. The number of amides is 2. The molecule has 1 saturated carbocycles. The van der Waals surface area contributed by atoms with E-state index in [4.69, 9.17) is 4.98 Å². The van der Waals surface area contributed by atoms with Gasteiger partial charge in [0.1, 0.15) is 0 Å². The summed E-state index contributed by atoms with van der Waals surface area (Å²) in [5.74, 6) is 0.865. The van der Waals surface area contributed by atoms with Gasteiger partial charge in [0, 0.05) is 50.8 Å². The molecule has 0 radical (unpaired) electrons. The second kappa shape index (κ2) is 8.34. The Hall–Kier alpha value is -3.55. The Labute approximate surface area is 198 Å². The monoisotopic (exact) mass is 456 g/mol. The highest BCUT2D eigenvalue weighted by Crippen LogP contribution is 2.43. The van der Waals surface area contributed by atoms with E-state index in [1.165, 1.54) is 11.1 Å². The van der Waals surface area contributed by atoms with Crippen molar-refractivity contribution in [1.29, 1.82) is 0 Å². The van der Waals surface area contributed by atoms with Crippen LogP contribution in [0.2, 0.25) is 0 Å². The van der Waals surface area contributed by atoms with Gasteiger partial charge >= 0.3 is 0 Å². The van der Waals surface area contributed by atoms with Crippen LogP contribution in [0.5, 0.6) is 0 Å². The van der Waals surface area contributed by atoms with Gasteiger partial charge in [0.15, 0.2) is 0 Å². The zero-order valence-electron chi connectivity index (χ0n) is 19.4. The molecule has 3 aliphatic rings. The maximum atomic E-state index is 13.4. The summed E-state index contributed by atoms with van der Waals surface area (Å²) in [6, 6.07) is 8.45. The number of aryl methyl sites for hydroxylation is 2. The minimum Gasteiger partial charge on any atom is -0.339 e. The third kappa shape index (κ3) is 3.67. The predicted octanol–water partition coefficient (Wildman–Crippen LogP) is 3.00. The first-order chi connectivity index (χ1) is 16.6. The van der Waals surface area contributed by atoms with Crippen LogP contribution in [0.3, 0.4) is 0 Å². The highest BCUT2D eigenvalue weighted by atomic mass is 16.2. The number of carbonyl (C=O) groups is 2. The first-order valence-corrected chi connectivity index (χ1v) is 12.2. The summed E-state index contributed by atoms with van der Waals surface area (Å²) in [5.41, 5.74) is 6.17. The van der Waals surface area contributed by atoms with E-state index in [0.29, 0.717) is 43.6 Å². The van der Waals surface area contributed by atoms with Crippen molar-refractivity contribution in [2.24, 2.45) is 0 Å². The highest BCUT2D eigenvalue weighted by Gasteiger charge is 2.36. The first-order valence-electron chi connectivity index (χ1n) is 12.2. The highest BCUT2D eigenvalue weighted by molar-refractivity contribution is 5.95. The zero-order chi connectivity index (χ0) is 23.2. The third-order valence-corrected chi connectivity index (χ3v) is 7.22. The fourth-order valence-electron chi connectivity index (χ4n) is 5.18. The van der Waals surface area contributed by atoms with Crippen LogP contribution >= 0.6 is 0 Å². The molecule has 3 aromatic rings. The van der Waals surface area contributed by atoms with E-state index in [1.54, 1.807) is 22.7 Å².